The Kier molecular flexibility index (Phi) is 6.02. The minimum absolute atomic E-state index is 0.202. The first-order chi connectivity index (χ1) is 12.7. The highest BCUT2D eigenvalue weighted by atomic mass is 32.1. The van der Waals surface area contributed by atoms with Crippen LogP contribution >= 0.6 is 11.3 Å². The van der Waals surface area contributed by atoms with Crippen molar-refractivity contribution in [1.82, 2.24) is 4.98 Å². The molecule has 4 nitrogen and oxygen atoms in total. The van der Waals surface area contributed by atoms with Crippen LogP contribution < -0.4 is 4.74 Å². The van der Waals surface area contributed by atoms with E-state index >= 15 is 0 Å². The number of benzene rings is 2. The monoisotopic (exact) mass is 367 g/mol. The molecule has 0 saturated heterocycles. The zero-order chi connectivity index (χ0) is 18.4. The van der Waals surface area contributed by atoms with Gasteiger partial charge in [0.1, 0.15) is 17.4 Å². The lowest BCUT2D eigenvalue weighted by atomic mass is 10.1. The second-order valence-corrected chi connectivity index (χ2v) is 6.84. The Hall–Kier alpha value is -2.66. The van der Waals surface area contributed by atoms with E-state index in [-0.39, 0.29) is 12.6 Å². The van der Waals surface area contributed by atoms with Gasteiger partial charge in [-0.1, -0.05) is 48.0 Å². The highest BCUT2D eigenvalue weighted by Crippen LogP contribution is 2.24. The zero-order valence-corrected chi connectivity index (χ0v) is 15.7. The summed E-state index contributed by atoms with van der Waals surface area (Å²) in [7, 11) is 1.63. The number of hydrogen-bond donors (Lipinski definition) is 0. The summed E-state index contributed by atoms with van der Waals surface area (Å²) < 4.78 is 10.7. The molecule has 5 heteroatoms. The summed E-state index contributed by atoms with van der Waals surface area (Å²) in [6.45, 7) is 2.26. The second-order valence-electron chi connectivity index (χ2n) is 5.98. The van der Waals surface area contributed by atoms with Gasteiger partial charge in [0.05, 0.1) is 12.8 Å². The molecule has 0 aliphatic heterocycles. The standard InChI is InChI=1S/C21H21NO3S/c1-15-7-9-17(10-8-15)21-22-18(14-26-21)13-25-20(23)12-11-16-5-3-4-6-19(16)24-2/h3-10,14H,11-13H2,1-2H3. The van der Waals surface area contributed by atoms with E-state index in [0.29, 0.717) is 12.8 Å². The van der Waals surface area contributed by atoms with E-state index in [2.05, 4.69) is 36.2 Å². The Morgan fingerprint density at radius 1 is 1.12 bits per heavy atom. The maximum absolute atomic E-state index is 12.0. The number of ether oxygens (including phenoxy) is 2. The molecule has 1 heterocycles. The molecule has 0 fully saturated rings. The number of carbonyl (C=O) groups excluding carboxylic acids is 1. The number of esters is 1. The van der Waals surface area contributed by atoms with Gasteiger partial charge in [-0.2, -0.15) is 0 Å². The number of nitrogens with zero attached hydrogens (tertiary/aromatic N) is 1. The highest BCUT2D eigenvalue weighted by molar-refractivity contribution is 7.13. The Morgan fingerprint density at radius 2 is 1.88 bits per heavy atom. The van der Waals surface area contributed by atoms with Crippen molar-refractivity contribution in [2.45, 2.75) is 26.4 Å². The largest absolute Gasteiger partial charge is 0.496 e. The van der Waals surface area contributed by atoms with Crippen LogP contribution in [0.25, 0.3) is 10.6 Å². The van der Waals surface area contributed by atoms with Crippen LogP contribution in [0.4, 0.5) is 0 Å². The number of aryl methyl sites for hydroxylation is 2. The van der Waals surface area contributed by atoms with Crippen molar-refractivity contribution in [3.05, 3.63) is 70.7 Å². The van der Waals surface area contributed by atoms with E-state index in [0.717, 1.165) is 27.6 Å². The van der Waals surface area contributed by atoms with E-state index in [1.165, 1.54) is 5.56 Å². The first-order valence-corrected chi connectivity index (χ1v) is 9.32. The lowest BCUT2D eigenvalue weighted by Gasteiger charge is -2.07. The van der Waals surface area contributed by atoms with Crippen LogP contribution in [-0.2, 0) is 22.6 Å². The van der Waals surface area contributed by atoms with Crippen LogP contribution in [0.5, 0.6) is 5.75 Å². The van der Waals surface area contributed by atoms with Gasteiger partial charge < -0.3 is 9.47 Å². The third-order valence-electron chi connectivity index (χ3n) is 4.02. The summed E-state index contributed by atoms with van der Waals surface area (Å²) in [4.78, 5) is 16.6. The van der Waals surface area contributed by atoms with Crippen LogP contribution in [0, 0.1) is 6.92 Å². The maximum Gasteiger partial charge on any atom is 0.306 e. The normalized spacial score (nSPS) is 10.5. The summed E-state index contributed by atoms with van der Waals surface area (Å²) in [6.07, 6.45) is 0.907. The lowest BCUT2D eigenvalue weighted by molar-refractivity contribution is -0.145. The summed E-state index contributed by atoms with van der Waals surface area (Å²) in [5.41, 5.74) is 4.07. The zero-order valence-electron chi connectivity index (χ0n) is 14.9. The molecule has 26 heavy (non-hydrogen) atoms. The predicted molar refractivity (Wildman–Crippen MR) is 103 cm³/mol. The van der Waals surface area contributed by atoms with E-state index in [1.54, 1.807) is 18.4 Å². The molecule has 1 aromatic heterocycles. The number of hydrogen-bond acceptors (Lipinski definition) is 5. The van der Waals surface area contributed by atoms with Gasteiger partial charge in [0.15, 0.2) is 0 Å². The Labute approximate surface area is 157 Å². The SMILES string of the molecule is COc1ccccc1CCC(=O)OCc1csc(-c2ccc(C)cc2)n1. The van der Waals surface area contributed by atoms with Gasteiger partial charge in [-0.3, -0.25) is 4.79 Å². The third-order valence-corrected chi connectivity index (χ3v) is 4.96. The van der Waals surface area contributed by atoms with Gasteiger partial charge in [-0.05, 0) is 25.0 Å². The molecule has 0 N–H and O–H groups in total. The van der Waals surface area contributed by atoms with Gasteiger partial charge >= 0.3 is 5.97 Å². The van der Waals surface area contributed by atoms with Crippen LogP contribution in [-0.4, -0.2) is 18.1 Å². The van der Waals surface area contributed by atoms with Crippen molar-refractivity contribution in [3.8, 4) is 16.3 Å². The molecule has 2 aromatic carbocycles. The molecular weight excluding hydrogens is 346 g/mol. The van der Waals surface area contributed by atoms with Crippen LogP contribution in [0.2, 0.25) is 0 Å². The molecule has 134 valence electrons. The van der Waals surface area contributed by atoms with E-state index < -0.39 is 0 Å². The fourth-order valence-electron chi connectivity index (χ4n) is 2.57. The first-order valence-electron chi connectivity index (χ1n) is 8.44. The molecule has 0 spiro atoms. The molecule has 0 aliphatic carbocycles. The number of aromatic nitrogens is 1. The summed E-state index contributed by atoms with van der Waals surface area (Å²) in [5.74, 6) is 0.559. The first kappa shape index (κ1) is 18.1. The smallest absolute Gasteiger partial charge is 0.306 e. The van der Waals surface area contributed by atoms with Crippen LogP contribution in [0.3, 0.4) is 0 Å². The Morgan fingerprint density at radius 3 is 2.65 bits per heavy atom. The topological polar surface area (TPSA) is 48.4 Å². The fourth-order valence-corrected chi connectivity index (χ4v) is 3.39. The van der Waals surface area contributed by atoms with Crippen molar-refractivity contribution in [1.29, 1.82) is 0 Å². The maximum atomic E-state index is 12.0. The van der Waals surface area contributed by atoms with Gasteiger partial charge in [-0.15, -0.1) is 11.3 Å². The molecule has 3 aromatic rings. The van der Waals surface area contributed by atoms with Gasteiger partial charge in [0.2, 0.25) is 0 Å². The number of carbonyl (C=O) groups is 1. The number of para-hydroxylation sites is 1. The molecule has 0 unspecified atom stereocenters. The second kappa shape index (κ2) is 8.63. The van der Waals surface area contributed by atoms with Crippen molar-refractivity contribution in [2.75, 3.05) is 7.11 Å². The van der Waals surface area contributed by atoms with Crippen LogP contribution in [0.1, 0.15) is 23.2 Å². The molecule has 3 rings (SSSR count). The summed E-state index contributed by atoms with van der Waals surface area (Å²) in [6, 6.07) is 15.9. The summed E-state index contributed by atoms with van der Waals surface area (Å²) >= 11 is 1.56. The van der Waals surface area contributed by atoms with Crippen LogP contribution in [0.15, 0.2) is 53.9 Å². The molecular formula is C21H21NO3S. The van der Waals surface area contributed by atoms with Gasteiger partial charge in [-0.25, -0.2) is 4.98 Å². The fraction of sp³-hybridized carbons (Fsp3) is 0.238. The third kappa shape index (κ3) is 4.70. The summed E-state index contributed by atoms with van der Waals surface area (Å²) in [5, 5.41) is 2.87. The molecule has 0 atom stereocenters. The minimum Gasteiger partial charge on any atom is -0.496 e. The molecule has 0 bridgehead atoms. The highest BCUT2D eigenvalue weighted by Gasteiger charge is 2.10. The number of methoxy groups -OCH3 is 1. The number of rotatable bonds is 7. The van der Waals surface area contributed by atoms with E-state index in [9.17, 15) is 4.79 Å². The quantitative estimate of drug-likeness (QED) is 0.563. The van der Waals surface area contributed by atoms with Crippen molar-refractivity contribution >= 4 is 17.3 Å². The van der Waals surface area contributed by atoms with Crippen molar-refractivity contribution in [2.24, 2.45) is 0 Å². The van der Waals surface area contributed by atoms with Crippen molar-refractivity contribution < 1.29 is 14.3 Å². The van der Waals surface area contributed by atoms with E-state index in [4.69, 9.17) is 9.47 Å². The Bertz CT molecular complexity index is 871. The molecule has 0 aliphatic rings. The average molecular weight is 367 g/mol. The van der Waals surface area contributed by atoms with Gasteiger partial charge in [0.25, 0.3) is 0 Å². The van der Waals surface area contributed by atoms with Gasteiger partial charge in [0, 0.05) is 17.4 Å². The molecule has 0 saturated carbocycles. The Balaban J connectivity index is 1.51. The predicted octanol–water partition coefficient (Wildman–Crippen LogP) is 4.80. The minimum atomic E-state index is -0.235. The van der Waals surface area contributed by atoms with E-state index in [1.807, 2.05) is 29.6 Å². The number of thiazole rings is 1. The lowest BCUT2D eigenvalue weighted by Crippen LogP contribution is -2.06. The average Bonchev–Trinajstić information content (AvgIpc) is 3.14. The molecule has 0 radical (unpaired) electrons. The molecule has 0 amide bonds. The van der Waals surface area contributed by atoms with Crippen molar-refractivity contribution in [3.63, 3.8) is 0 Å².